The number of carbonyl (C=O) groups excluding carboxylic acids is 5. The molecule has 1 aliphatic carbocycles. The van der Waals surface area contributed by atoms with Crippen LogP contribution in [0.1, 0.15) is 15.9 Å². The molecule has 156 valence electrons. The van der Waals surface area contributed by atoms with Crippen LogP contribution in [-0.2, 0) is 19.2 Å². The van der Waals surface area contributed by atoms with Crippen molar-refractivity contribution >= 4 is 35.3 Å². The summed E-state index contributed by atoms with van der Waals surface area (Å²) in [5.41, 5.74) is 1.59. The molecule has 8 nitrogen and oxygen atoms in total. The van der Waals surface area contributed by atoms with Crippen LogP contribution in [0.3, 0.4) is 0 Å². The highest BCUT2D eigenvalue weighted by Gasteiger charge is 2.73. The summed E-state index contributed by atoms with van der Waals surface area (Å²) in [5.74, 6) is -5.06. The molecule has 0 bridgehead atoms. The van der Waals surface area contributed by atoms with E-state index in [2.05, 4.69) is 0 Å². The molecule has 0 spiro atoms. The average Bonchev–Trinajstić information content (AvgIpc) is 3.04. The zero-order chi connectivity index (χ0) is 22.0. The Hall–Kier alpha value is -3.81. The highest BCUT2D eigenvalue weighted by molar-refractivity contribution is 6.27. The van der Waals surface area contributed by atoms with Gasteiger partial charge in [0.05, 0.1) is 34.9 Å². The van der Waals surface area contributed by atoms with Gasteiger partial charge in [-0.3, -0.25) is 29.0 Å². The Bertz CT molecular complexity index is 1110. The third-order valence-corrected chi connectivity index (χ3v) is 6.38. The number of benzene rings is 2. The van der Waals surface area contributed by atoms with Crippen molar-refractivity contribution in [3.05, 3.63) is 59.7 Å². The lowest BCUT2D eigenvalue weighted by Gasteiger charge is -2.36. The lowest BCUT2D eigenvalue weighted by molar-refractivity contribution is -0.146. The largest absolute Gasteiger partial charge is 0.423 e. The molecule has 0 aromatic heterocycles. The predicted octanol–water partition coefficient (Wildman–Crippen LogP) is 1.56. The number of nitrogens with zero attached hydrogens (tertiary/aromatic N) is 2. The van der Waals surface area contributed by atoms with Gasteiger partial charge in [-0.25, -0.2) is 4.79 Å². The van der Waals surface area contributed by atoms with Crippen LogP contribution < -0.4 is 9.64 Å². The van der Waals surface area contributed by atoms with Crippen molar-refractivity contribution in [3.63, 3.8) is 0 Å². The van der Waals surface area contributed by atoms with Crippen molar-refractivity contribution in [2.75, 3.05) is 11.9 Å². The minimum Gasteiger partial charge on any atom is -0.423 e. The van der Waals surface area contributed by atoms with Crippen LogP contribution in [0.2, 0.25) is 0 Å². The van der Waals surface area contributed by atoms with Crippen molar-refractivity contribution in [3.8, 4) is 5.75 Å². The number of carbonyl (C=O) groups is 5. The summed E-state index contributed by atoms with van der Waals surface area (Å²) in [6.07, 6.45) is 0. The molecule has 0 N–H and O–H groups in total. The number of amides is 4. The van der Waals surface area contributed by atoms with Gasteiger partial charge in [-0.15, -0.1) is 0 Å². The predicted molar refractivity (Wildman–Crippen MR) is 107 cm³/mol. The van der Waals surface area contributed by atoms with E-state index in [1.807, 2.05) is 19.1 Å². The van der Waals surface area contributed by atoms with Crippen molar-refractivity contribution in [2.24, 2.45) is 23.7 Å². The summed E-state index contributed by atoms with van der Waals surface area (Å²) in [7, 11) is 1.37. The molecule has 0 radical (unpaired) electrons. The minimum absolute atomic E-state index is 0.259. The van der Waals surface area contributed by atoms with Gasteiger partial charge in [0.25, 0.3) is 0 Å². The molecule has 8 heteroatoms. The standard InChI is InChI=1S/C23H18N2O6/c1-11-3-9-14(10-4-11)31-23(30)12-5-7-13(8-6-12)25-21(28)17-15-16(18(17)22(25)29)20(27)24(2)19(15)26/h3-10,15-18H,1-2H3. The molecule has 2 aromatic carbocycles. The third kappa shape index (κ3) is 2.64. The van der Waals surface area contributed by atoms with E-state index < -0.39 is 53.3 Å². The Kier molecular flexibility index (Phi) is 4.08. The zero-order valence-corrected chi connectivity index (χ0v) is 16.8. The van der Waals surface area contributed by atoms with Gasteiger partial charge in [0.15, 0.2) is 0 Å². The molecule has 3 fully saturated rings. The van der Waals surface area contributed by atoms with Gasteiger partial charge in [-0.05, 0) is 43.3 Å². The molecule has 5 rings (SSSR count). The van der Waals surface area contributed by atoms with Gasteiger partial charge >= 0.3 is 5.97 Å². The monoisotopic (exact) mass is 418 g/mol. The Morgan fingerprint density at radius 1 is 0.742 bits per heavy atom. The van der Waals surface area contributed by atoms with Crippen LogP contribution in [0.4, 0.5) is 5.69 Å². The van der Waals surface area contributed by atoms with E-state index in [-0.39, 0.29) is 5.56 Å². The molecule has 4 amide bonds. The van der Waals surface area contributed by atoms with E-state index in [0.29, 0.717) is 11.4 Å². The Balaban J connectivity index is 1.35. The molecule has 31 heavy (non-hydrogen) atoms. The van der Waals surface area contributed by atoms with Crippen LogP contribution in [0.5, 0.6) is 5.75 Å². The van der Waals surface area contributed by atoms with E-state index in [4.69, 9.17) is 4.74 Å². The first-order valence-corrected chi connectivity index (χ1v) is 9.87. The number of hydrogen-bond donors (Lipinski definition) is 0. The molecule has 3 aliphatic rings. The summed E-state index contributed by atoms with van der Waals surface area (Å²) in [6, 6.07) is 12.9. The second-order valence-corrected chi connectivity index (χ2v) is 8.10. The van der Waals surface area contributed by atoms with Crippen molar-refractivity contribution in [2.45, 2.75) is 6.92 Å². The normalized spacial score (nSPS) is 26.6. The number of aryl methyl sites for hydroxylation is 1. The van der Waals surface area contributed by atoms with E-state index >= 15 is 0 Å². The maximum Gasteiger partial charge on any atom is 0.343 e. The number of hydrogen-bond acceptors (Lipinski definition) is 6. The van der Waals surface area contributed by atoms with Crippen LogP contribution >= 0.6 is 0 Å². The SMILES string of the molecule is Cc1ccc(OC(=O)c2ccc(N3C(=O)C4C5C(=O)N(C)C(=O)C5C4C3=O)cc2)cc1. The van der Waals surface area contributed by atoms with Gasteiger partial charge in [0.2, 0.25) is 23.6 Å². The molecular weight excluding hydrogens is 400 g/mol. The van der Waals surface area contributed by atoms with Gasteiger partial charge in [-0.2, -0.15) is 0 Å². The van der Waals surface area contributed by atoms with E-state index in [1.54, 1.807) is 12.1 Å². The number of fused-ring (bicyclic) bond motifs is 4. The number of likely N-dealkylation sites (tertiary alicyclic amines) is 1. The lowest BCUT2D eigenvalue weighted by atomic mass is 9.59. The Morgan fingerprint density at radius 2 is 1.23 bits per heavy atom. The van der Waals surface area contributed by atoms with Crippen LogP contribution in [0.25, 0.3) is 0 Å². The number of esters is 1. The van der Waals surface area contributed by atoms with Crippen molar-refractivity contribution < 1.29 is 28.7 Å². The molecular formula is C23H18N2O6. The topological polar surface area (TPSA) is 101 Å². The van der Waals surface area contributed by atoms with Gasteiger partial charge < -0.3 is 4.74 Å². The molecule has 1 saturated carbocycles. The van der Waals surface area contributed by atoms with E-state index in [1.165, 1.54) is 31.3 Å². The quantitative estimate of drug-likeness (QED) is 0.426. The maximum absolute atomic E-state index is 12.9. The molecule has 4 atom stereocenters. The number of rotatable bonds is 3. The van der Waals surface area contributed by atoms with E-state index in [9.17, 15) is 24.0 Å². The van der Waals surface area contributed by atoms with E-state index in [0.717, 1.165) is 15.4 Å². The van der Waals surface area contributed by atoms with Crippen molar-refractivity contribution in [1.29, 1.82) is 0 Å². The number of imide groups is 2. The average molecular weight is 418 g/mol. The summed E-state index contributed by atoms with van der Waals surface area (Å²) < 4.78 is 5.33. The molecule has 4 unspecified atom stereocenters. The van der Waals surface area contributed by atoms with Gasteiger partial charge in [-0.1, -0.05) is 17.7 Å². The second-order valence-electron chi connectivity index (χ2n) is 8.10. The maximum atomic E-state index is 12.9. The molecule has 2 aliphatic heterocycles. The number of anilines is 1. The van der Waals surface area contributed by atoms with Crippen LogP contribution in [-0.4, -0.2) is 41.5 Å². The second kappa shape index (κ2) is 6.60. The fraction of sp³-hybridized carbons (Fsp3) is 0.261. The zero-order valence-electron chi connectivity index (χ0n) is 16.8. The highest BCUT2D eigenvalue weighted by Crippen LogP contribution is 2.56. The smallest absolute Gasteiger partial charge is 0.343 e. The fourth-order valence-electron chi connectivity index (χ4n) is 4.71. The summed E-state index contributed by atoms with van der Waals surface area (Å²) in [4.78, 5) is 64.7. The summed E-state index contributed by atoms with van der Waals surface area (Å²) in [6.45, 7) is 1.93. The summed E-state index contributed by atoms with van der Waals surface area (Å²) in [5, 5.41) is 0. The first kappa shape index (κ1) is 19.2. The van der Waals surface area contributed by atoms with Crippen LogP contribution in [0.15, 0.2) is 48.5 Å². The van der Waals surface area contributed by atoms with Gasteiger partial charge in [0.1, 0.15) is 5.75 Å². The van der Waals surface area contributed by atoms with Crippen molar-refractivity contribution in [1.82, 2.24) is 4.90 Å². The molecule has 2 aromatic rings. The highest BCUT2D eigenvalue weighted by atomic mass is 16.5. The Morgan fingerprint density at radius 3 is 1.74 bits per heavy atom. The Labute approximate surface area is 177 Å². The first-order chi connectivity index (χ1) is 14.8. The molecule has 2 saturated heterocycles. The summed E-state index contributed by atoms with van der Waals surface area (Å²) >= 11 is 0. The first-order valence-electron chi connectivity index (χ1n) is 9.87. The fourth-order valence-corrected chi connectivity index (χ4v) is 4.71. The lowest BCUT2D eigenvalue weighted by Crippen LogP contribution is -2.50. The number of ether oxygens (including phenoxy) is 1. The third-order valence-electron chi connectivity index (χ3n) is 6.38. The van der Waals surface area contributed by atoms with Crippen LogP contribution in [0, 0.1) is 30.6 Å². The minimum atomic E-state index is -0.801. The molecule has 2 heterocycles. The van der Waals surface area contributed by atoms with Gasteiger partial charge in [0, 0.05) is 7.05 Å².